The fourth-order valence-electron chi connectivity index (χ4n) is 3.91. The molecule has 0 fully saturated rings. The number of nitrogens with two attached hydrogens (primary N) is 1. The molecule has 1 amide bonds. The number of hydrogen-bond donors (Lipinski definition) is 2. The molecule has 0 saturated carbocycles. The molecule has 1 aromatic heterocycles. The van der Waals surface area contributed by atoms with E-state index < -0.39 is 17.4 Å². The van der Waals surface area contributed by atoms with Gasteiger partial charge in [0.1, 0.15) is 10.5 Å². The van der Waals surface area contributed by atoms with Crippen LogP contribution in [0, 0.1) is 11.3 Å². The summed E-state index contributed by atoms with van der Waals surface area (Å²) in [7, 11) is 0. The second kappa shape index (κ2) is 10.7. The summed E-state index contributed by atoms with van der Waals surface area (Å²) in [6.45, 7) is 2.32. The molecule has 11 heteroatoms. The highest BCUT2D eigenvalue weighted by Gasteiger charge is 2.36. The van der Waals surface area contributed by atoms with E-state index in [1.165, 1.54) is 10.6 Å². The van der Waals surface area contributed by atoms with Crippen molar-refractivity contribution in [1.29, 1.82) is 5.26 Å². The van der Waals surface area contributed by atoms with E-state index in [0.717, 1.165) is 11.3 Å². The molecule has 1 aliphatic rings. The van der Waals surface area contributed by atoms with Crippen molar-refractivity contribution in [2.75, 3.05) is 6.54 Å². The summed E-state index contributed by atoms with van der Waals surface area (Å²) in [5, 5.41) is 14.4. The number of fused-ring (bicyclic) bond motifs is 1. The van der Waals surface area contributed by atoms with Crippen LogP contribution in [0.5, 0.6) is 0 Å². The van der Waals surface area contributed by atoms with Crippen molar-refractivity contribution in [2.24, 2.45) is 5.73 Å². The fraction of sp³-hybridized carbons (Fsp3) is 0.160. The van der Waals surface area contributed by atoms with Gasteiger partial charge in [-0.1, -0.05) is 65.5 Å². The Labute approximate surface area is 230 Å². The van der Waals surface area contributed by atoms with Crippen molar-refractivity contribution in [3.63, 3.8) is 0 Å². The highest BCUT2D eigenvalue weighted by Crippen LogP contribution is 2.40. The van der Waals surface area contributed by atoms with Crippen LogP contribution in [0.3, 0.4) is 0 Å². The van der Waals surface area contributed by atoms with Gasteiger partial charge < -0.3 is 11.1 Å². The first-order valence-corrected chi connectivity index (χ1v) is 13.1. The number of hydrogen-bond acceptors (Lipinski definition) is 5. The molecular formula is C25H18Cl4N4O2S. The summed E-state index contributed by atoms with van der Waals surface area (Å²) in [6.07, 6.45) is 2.29. The second-order valence-corrected chi connectivity index (χ2v) is 10.6. The first-order valence-electron chi connectivity index (χ1n) is 10.7. The van der Waals surface area contributed by atoms with Crippen LogP contribution >= 0.6 is 57.7 Å². The van der Waals surface area contributed by atoms with E-state index in [4.69, 9.17) is 52.1 Å². The third-order valence-corrected chi connectivity index (χ3v) is 7.80. The Morgan fingerprint density at radius 1 is 1.17 bits per heavy atom. The largest absolute Gasteiger partial charge is 0.384 e. The van der Waals surface area contributed by atoms with Gasteiger partial charge in [-0.25, -0.2) is 0 Å². The van der Waals surface area contributed by atoms with E-state index in [1.807, 2.05) is 6.92 Å². The Bertz CT molecular complexity index is 1650. The molecule has 0 saturated heterocycles. The number of halogens is 4. The predicted molar refractivity (Wildman–Crippen MR) is 147 cm³/mol. The first-order chi connectivity index (χ1) is 17.2. The van der Waals surface area contributed by atoms with Crippen LogP contribution in [-0.4, -0.2) is 17.0 Å². The number of carbonyl (C=O) groups excluding carboxylic acids is 1. The summed E-state index contributed by atoms with van der Waals surface area (Å²) in [4.78, 5) is 26.9. The minimum atomic E-state index is -0.901. The van der Waals surface area contributed by atoms with Crippen LogP contribution in [-0.2, 0) is 4.79 Å². The van der Waals surface area contributed by atoms with Gasteiger partial charge in [0.2, 0.25) is 0 Å². The lowest BCUT2D eigenvalue weighted by molar-refractivity contribution is -0.115. The molecule has 0 spiro atoms. The van der Waals surface area contributed by atoms with Gasteiger partial charge in [0.15, 0.2) is 0 Å². The zero-order valence-electron chi connectivity index (χ0n) is 18.7. The standard InChI is InChI=1S/C25H18Cl4N4O2S/c1-2-7-32-23(34)21-20(15-6-5-14(27)10-18(15)29)16(11-30)22(31)33-24(35)19(36-25(21)33)8-12-3-4-13(26)9-17(12)28/h3-6,8-10,20H,2,7,31H2,1H3,(H,32,34)/b19-8+. The van der Waals surface area contributed by atoms with Crippen molar-refractivity contribution in [3.8, 4) is 6.07 Å². The maximum atomic E-state index is 13.5. The summed E-state index contributed by atoms with van der Waals surface area (Å²) in [6, 6.07) is 11.8. The van der Waals surface area contributed by atoms with Gasteiger partial charge in [-0.2, -0.15) is 5.26 Å². The Balaban J connectivity index is 2.10. The Morgan fingerprint density at radius 3 is 2.44 bits per heavy atom. The van der Waals surface area contributed by atoms with E-state index in [-0.39, 0.29) is 26.5 Å². The van der Waals surface area contributed by atoms with Crippen molar-refractivity contribution in [1.82, 2.24) is 9.88 Å². The van der Waals surface area contributed by atoms with Gasteiger partial charge in [-0.05, 0) is 47.9 Å². The molecule has 3 aromatic rings. The molecule has 1 aliphatic heterocycles. The second-order valence-electron chi connectivity index (χ2n) is 7.90. The predicted octanol–water partition coefficient (Wildman–Crippen LogP) is 4.48. The van der Waals surface area contributed by atoms with Crippen LogP contribution < -0.4 is 25.8 Å². The van der Waals surface area contributed by atoms with Crippen LogP contribution in [0.4, 0.5) is 0 Å². The third kappa shape index (κ3) is 4.80. The van der Waals surface area contributed by atoms with Crippen LogP contribution in [0.15, 0.2) is 46.8 Å². The maximum absolute atomic E-state index is 13.5. The number of thiazole rings is 1. The zero-order valence-corrected chi connectivity index (χ0v) is 22.6. The summed E-state index contributed by atoms with van der Waals surface area (Å²) in [5.41, 5.74) is 7.17. The molecule has 2 heterocycles. The molecule has 2 aromatic carbocycles. The van der Waals surface area contributed by atoms with Gasteiger partial charge in [-0.15, -0.1) is 11.3 Å². The smallest absolute Gasteiger partial charge is 0.274 e. The molecule has 1 unspecified atom stereocenters. The highest BCUT2D eigenvalue weighted by atomic mass is 35.5. The number of nitriles is 1. The zero-order chi connectivity index (χ0) is 26.1. The Kier molecular flexibility index (Phi) is 7.84. The molecule has 4 rings (SSSR count). The summed E-state index contributed by atoms with van der Waals surface area (Å²) < 4.78 is 1.77. The van der Waals surface area contributed by atoms with Crippen LogP contribution in [0.2, 0.25) is 20.1 Å². The van der Waals surface area contributed by atoms with Gasteiger partial charge in [-0.3, -0.25) is 14.2 Å². The van der Waals surface area contributed by atoms with E-state index in [1.54, 1.807) is 36.4 Å². The minimum absolute atomic E-state index is 0.0318. The average molecular weight is 580 g/mol. The number of nitrogens with one attached hydrogen (secondary N) is 1. The number of rotatable bonds is 5. The number of aromatic nitrogens is 1. The molecule has 36 heavy (non-hydrogen) atoms. The maximum Gasteiger partial charge on any atom is 0.274 e. The molecule has 184 valence electrons. The third-order valence-electron chi connectivity index (χ3n) is 5.57. The molecule has 6 nitrogen and oxygen atoms in total. The summed E-state index contributed by atoms with van der Waals surface area (Å²) >= 11 is 26.0. The molecule has 0 radical (unpaired) electrons. The molecule has 0 aliphatic carbocycles. The van der Waals surface area contributed by atoms with Gasteiger partial charge >= 0.3 is 0 Å². The topological polar surface area (TPSA) is 101 Å². The summed E-state index contributed by atoms with van der Waals surface area (Å²) in [5.74, 6) is -1.40. The van der Waals surface area contributed by atoms with Crippen molar-refractivity contribution in [3.05, 3.63) is 92.7 Å². The lowest BCUT2D eigenvalue weighted by atomic mass is 9.83. The first kappa shape index (κ1) is 26.3. The van der Waals surface area contributed by atoms with Crippen LogP contribution in [0.25, 0.3) is 17.5 Å². The molecule has 0 bridgehead atoms. The van der Waals surface area contributed by atoms with Gasteiger partial charge in [0.05, 0.1) is 27.7 Å². The number of allylic oxidation sites excluding steroid dienone is 1. The number of carbonyl (C=O) groups is 1. The van der Waals surface area contributed by atoms with Crippen molar-refractivity contribution in [2.45, 2.75) is 19.3 Å². The number of benzene rings is 2. The minimum Gasteiger partial charge on any atom is -0.384 e. The normalized spacial score (nSPS) is 15.6. The monoisotopic (exact) mass is 578 g/mol. The molecule has 3 N–H and O–H groups in total. The molecule has 1 atom stereocenters. The lowest BCUT2D eigenvalue weighted by Gasteiger charge is -2.26. The van der Waals surface area contributed by atoms with Gasteiger partial charge in [0, 0.05) is 26.6 Å². The Hall–Kier alpha value is -2.73. The van der Waals surface area contributed by atoms with E-state index in [9.17, 15) is 14.9 Å². The van der Waals surface area contributed by atoms with Crippen molar-refractivity contribution >= 4 is 81.1 Å². The quantitative estimate of drug-likeness (QED) is 0.465. The number of amides is 1. The van der Waals surface area contributed by atoms with Gasteiger partial charge in [0.25, 0.3) is 11.5 Å². The lowest BCUT2D eigenvalue weighted by Crippen LogP contribution is -2.42. The highest BCUT2D eigenvalue weighted by molar-refractivity contribution is 7.07. The SMILES string of the molecule is CCCNC(=O)C1=c2s/c(=C/c3ccc(Cl)cc3Cl)c(=O)n2C(N)=C(C#N)C1c1ccc(Cl)cc1Cl. The van der Waals surface area contributed by atoms with Crippen molar-refractivity contribution < 1.29 is 4.79 Å². The fourth-order valence-corrected chi connectivity index (χ4v) is 6.05. The van der Waals surface area contributed by atoms with Crippen LogP contribution in [0.1, 0.15) is 30.4 Å². The average Bonchev–Trinajstić information content (AvgIpc) is 3.15. The number of nitrogens with zero attached hydrogens (tertiary/aromatic N) is 2. The van der Waals surface area contributed by atoms with E-state index in [2.05, 4.69) is 11.4 Å². The molecular weight excluding hydrogens is 562 g/mol. The Morgan fingerprint density at radius 2 is 1.83 bits per heavy atom. The van der Waals surface area contributed by atoms with E-state index >= 15 is 0 Å². The van der Waals surface area contributed by atoms with E-state index in [0.29, 0.717) is 43.8 Å².